The number of esters is 1. The third-order valence-electron chi connectivity index (χ3n) is 3.85. The van der Waals surface area contributed by atoms with E-state index in [0.717, 1.165) is 5.56 Å². The maximum Gasteiger partial charge on any atom is 0.310 e. The molecule has 0 N–H and O–H groups in total. The molecule has 0 bridgehead atoms. The second-order valence-electron chi connectivity index (χ2n) is 5.67. The van der Waals surface area contributed by atoms with E-state index in [9.17, 15) is 9.59 Å². The zero-order chi connectivity index (χ0) is 18.2. The molecule has 25 heavy (non-hydrogen) atoms. The number of pyridine rings is 1. The van der Waals surface area contributed by atoms with Crippen LogP contribution in [0.3, 0.4) is 0 Å². The molecule has 0 saturated heterocycles. The van der Waals surface area contributed by atoms with Gasteiger partial charge in [-0.1, -0.05) is 19.1 Å². The number of benzene rings is 1. The first-order chi connectivity index (χ1) is 12.1. The number of nitrogens with zero attached hydrogens (tertiary/aromatic N) is 2. The Balaban J connectivity index is 2.29. The topological polar surface area (TPSA) is 68.7 Å². The van der Waals surface area contributed by atoms with E-state index >= 15 is 0 Å². The Morgan fingerprint density at radius 2 is 1.80 bits per heavy atom. The molecule has 0 aliphatic heterocycles. The highest BCUT2D eigenvalue weighted by Gasteiger charge is 2.24. The fraction of sp³-hybridized carbons (Fsp3) is 0.316. The zero-order valence-corrected chi connectivity index (χ0v) is 14.6. The van der Waals surface area contributed by atoms with E-state index < -0.39 is 5.92 Å². The number of para-hydroxylation sites is 1. The summed E-state index contributed by atoms with van der Waals surface area (Å²) in [5, 5.41) is 0. The van der Waals surface area contributed by atoms with E-state index in [1.54, 1.807) is 48.5 Å². The number of hydrogen-bond acceptors (Lipinski definition) is 5. The Bertz CT molecular complexity index is 718. The first-order valence-corrected chi connectivity index (χ1v) is 7.95. The summed E-state index contributed by atoms with van der Waals surface area (Å²) in [6.45, 7) is 2.34. The number of aromatic nitrogens is 1. The van der Waals surface area contributed by atoms with E-state index in [-0.39, 0.29) is 18.4 Å². The van der Waals surface area contributed by atoms with Gasteiger partial charge in [0.25, 0.3) is 5.91 Å². The molecule has 0 spiro atoms. The summed E-state index contributed by atoms with van der Waals surface area (Å²) >= 11 is 0. The van der Waals surface area contributed by atoms with Gasteiger partial charge in [0.05, 0.1) is 25.7 Å². The summed E-state index contributed by atoms with van der Waals surface area (Å²) in [4.78, 5) is 30.4. The fourth-order valence-electron chi connectivity index (χ4n) is 2.53. The number of ether oxygens (including phenoxy) is 2. The van der Waals surface area contributed by atoms with Crippen molar-refractivity contribution in [1.82, 2.24) is 9.88 Å². The Hall–Kier alpha value is -2.89. The van der Waals surface area contributed by atoms with Crippen LogP contribution in [0.4, 0.5) is 0 Å². The van der Waals surface area contributed by atoms with Gasteiger partial charge in [-0.25, -0.2) is 0 Å². The van der Waals surface area contributed by atoms with Gasteiger partial charge in [-0.3, -0.25) is 14.6 Å². The first kappa shape index (κ1) is 18.4. The molecule has 2 rings (SSSR count). The quantitative estimate of drug-likeness (QED) is 0.723. The second kappa shape index (κ2) is 8.82. The van der Waals surface area contributed by atoms with E-state index in [2.05, 4.69) is 4.98 Å². The molecular formula is C19H22N2O4. The van der Waals surface area contributed by atoms with Crippen LogP contribution in [0.5, 0.6) is 5.75 Å². The summed E-state index contributed by atoms with van der Waals surface area (Å²) in [6, 6.07) is 10.7. The molecule has 1 atom stereocenters. The lowest BCUT2D eigenvalue weighted by Crippen LogP contribution is -2.37. The molecule has 1 amide bonds. The summed E-state index contributed by atoms with van der Waals surface area (Å²) in [5.74, 6) is -0.499. The molecule has 0 saturated carbocycles. The average molecular weight is 342 g/mol. The molecule has 0 aliphatic carbocycles. The fourth-order valence-corrected chi connectivity index (χ4v) is 2.53. The van der Waals surface area contributed by atoms with Crippen LogP contribution in [0.15, 0.2) is 48.8 Å². The van der Waals surface area contributed by atoms with Crippen LogP contribution >= 0.6 is 0 Å². The maximum absolute atomic E-state index is 13.1. The Kier molecular flexibility index (Phi) is 6.51. The number of methoxy groups -OCH3 is 2. The van der Waals surface area contributed by atoms with Gasteiger partial charge in [-0.2, -0.15) is 0 Å². The highest BCUT2D eigenvalue weighted by Crippen LogP contribution is 2.21. The Morgan fingerprint density at radius 3 is 2.44 bits per heavy atom. The SMILES string of the molecule is COC(=O)C(C)CN(Cc1ccncc1)C(=O)c1ccccc1OC. The molecule has 0 fully saturated rings. The molecule has 132 valence electrons. The minimum absolute atomic E-state index is 0.204. The molecule has 2 aromatic rings. The van der Waals surface area contributed by atoms with Gasteiger partial charge in [0.1, 0.15) is 5.75 Å². The highest BCUT2D eigenvalue weighted by atomic mass is 16.5. The van der Waals surface area contributed by atoms with Crippen LogP contribution in [0.25, 0.3) is 0 Å². The number of rotatable bonds is 7. The lowest BCUT2D eigenvalue weighted by Gasteiger charge is -2.26. The van der Waals surface area contributed by atoms with Crippen molar-refractivity contribution in [3.05, 3.63) is 59.9 Å². The number of carbonyl (C=O) groups is 2. The third-order valence-corrected chi connectivity index (χ3v) is 3.85. The number of carbonyl (C=O) groups excluding carboxylic acids is 2. The molecule has 1 unspecified atom stereocenters. The van der Waals surface area contributed by atoms with Crippen molar-refractivity contribution in [3.8, 4) is 5.75 Å². The van der Waals surface area contributed by atoms with Crippen molar-refractivity contribution in [2.24, 2.45) is 5.92 Å². The highest BCUT2D eigenvalue weighted by molar-refractivity contribution is 5.97. The summed E-state index contributed by atoms with van der Waals surface area (Å²) < 4.78 is 10.1. The van der Waals surface area contributed by atoms with Gasteiger partial charge in [-0.15, -0.1) is 0 Å². The van der Waals surface area contributed by atoms with Crippen LogP contribution in [0.2, 0.25) is 0 Å². The summed E-state index contributed by atoms with van der Waals surface area (Å²) in [5.41, 5.74) is 1.38. The standard InChI is InChI=1S/C19H22N2O4/c1-14(19(23)25-3)12-21(13-15-8-10-20-11-9-15)18(22)16-6-4-5-7-17(16)24-2/h4-11,14H,12-13H2,1-3H3. The van der Waals surface area contributed by atoms with E-state index in [0.29, 0.717) is 17.9 Å². The number of hydrogen-bond donors (Lipinski definition) is 0. The monoisotopic (exact) mass is 342 g/mol. The number of amides is 1. The van der Waals surface area contributed by atoms with E-state index in [4.69, 9.17) is 9.47 Å². The second-order valence-corrected chi connectivity index (χ2v) is 5.67. The van der Waals surface area contributed by atoms with Crippen LogP contribution in [0, 0.1) is 5.92 Å². The summed E-state index contributed by atoms with van der Waals surface area (Å²) in [7, 11) is 2.87. The Morgan fingerprint density at radius 1 is 1.12 bits per heavy atom. The van der Waals surface area contributed by atoms with Crippen LogP contribution in [0.1, 0.15) is 22.8 Å². The smallest absolute Gasteiger partial charge is 0.310 e. The predicted molar refractivity (Wildman–Crippen MR) is 93.2 cm³/mol. The van der Waals surface area contributed by atoms with E-state index in [1.165, 1.54) is 14.2 Å². The zero-order valence-electron chi connectivity index (χ0n) is 14.6. The lowest BCUT2D eigenvalue weighted by atomic mass is 10.1. The molecule has 6 heteroatoms. The van der Waals surface area contributed by atoms with Crippen LogP contribution in [-0.2, 0) is 16.1 Å². The minimum Gasteiger partial charge on any atom is -0.496 e. The largest absolute Gasteiger partial charge is 0.496 e. The Labute approximate surface area is 147 Å². The predicted octanol–water partition coefficient (Wildman–Crippen LogP) is 2.54. The molecule has 1 aromatic carbocycles. The molecule has 0 aliphatic rings. The average Bonchev–Trinajstić information content (AvgIpc) is 2.66. The molecule has 1 heterocycles. The lowest BCUT2D eigenvalue weighted by molar-refractivity contribution is -0.145. The van der Waals surface area contributed by atoms with Crippen molar-refractivity contribution in [2.45, 2.75) is 13.5 Å². The van der Waals surface area contributed by atoms with Gasteiger partial charge >= 0.3 is 5.97 Å². The van der Waals surface area contributed by atoms with Gasteiger partial charge in [0.15, 0.2) is 0 Å². The van der Waals surface area contributed by atoms with E-state index in [1.807, 2.05) is 12.1 Å². The first-order valence-electron chi connectivity index (χ1n) is 7.95. The molecule has 6 nitrogen and oxygen atoms in total. The third kappa shape index (κ3) is 4.79. The maximum atomic E-state index is 13.1. The van der Waals surface area contributed by atoms with Crippen LogP contribution < -0.4 is 4.74 Å². The van der Waals surface area contributed by atoms with Gasteiger partial charge in [0.2, 0.25) is 0 Å². The van der Waals surface area contributed by atoms with Crippen molar-refractivity contribution >= 4 is 11.9 Å². The summed E-state index contributed by atoms with van der Waals surface area (Å²) in [6.07, 6.45) is 3.34. The van der Waals surface area contributed by atoms with Gasteiger partial charge in [-0.05, 0) is 29.8 Å². The molecule has 0 radical (unpaired) electrons. The van der Waals surface area contributed by atoms with Crippen molar-refractivity contribution in [3.63, 3.8) is 0 Å². The van der Waals surface area contributed by atoms with Crippen molar-refractivity contribution in [1.29, 1.82) is 0 Å². The van der Waals surface area contributed by atoms with Gasteiger partial charge < -0.3 is 14.4 Å². The van der Waals surface area contributed by atoms with Crippen LogP contribution in [-0.4, -0.2) is 42.5 Å². The van der Waals surface area contributed by atoms with Crippen molar-refractivity contribution < 1.29 is 19.1 Å². The molecular weight excluding hydrogens is 320 g/mol. The van der Waals surface area contributed by atoms with Gasteiger partial charge in [0, 0.05) is 25.5 Å². The molecule has 1 aromatic heterocycles. The normalized spacial score (nSPS) is 11.5. The van der Waals surface area contributed by atoms with Crippen molar-refractivity contribution in [2.75, 3.05) is 20.8 Å². The minimum atomic E-state index is -0.439.